The minimum absolute atomic E-state index is 0.118. The molecule has 0 aliphatic carbocycles. The van der Waals surface area contributed by atoms with Crippen LogP contribution in [0.1, 0.15) is 16.7 Å². The molecule has 0 aliphatic heterocycles. The second-order valence-corrected chi connectivity index (χ2v) is 7.27. The Morgan fingerprint density at radius 1 is 1.14 bits per heavy atom. The van der Waals surface area contributed by atoms with Crippen molar-refractivity contribution >= 4 is 38.8 Å². The van der Waals surface area contributed by atoms with E-state index in [4.69, 9.17) is 9.47 Å². The van der Waals surface area contributed by atoms with Crippen LogP contribution in [0.5, 0.6) is 11.5 Å². The normalized spacial score (nSPS) is 11.0. The molecule has 0 saturated heterocycles. The van der Waals surface area contributed by atoms with Crippen LogP contribution in [0.25, 0.3) is 10.8 Å². The highest BCUT2D eigenvalue weighted by Crippen LogP contribution is 2.27. The number of ether oxygens (including phenoxy) is 2. The zero-order chi connectivity index (χ0) is 20.1. The highest BCUT2D eigenvalue weighted by Gasteiger charge is 2.09. The molecule has 28 heavy (non-hydrogen) atoms. The van der Waals surface area contributed by atoms with Gasteiger partial charge in [-0.05, 0) is 53.9 Å². The number of methoxy groups -OCH3 is 1. The maximum atomic E-state index is 12.1. The molecule has 3 aromatic rings. The Hall–Kier alpha value is -2.86. The average Bonchev–Trinajstić information content (AvgIpc) is 2.67. The minimum atomic E-state index is -0.336. The molecular formula is C22H21BrN2O3. The van der Waals surface area contributed by atoms with Crippen molar-refractivity contribution in [2.24, 2.45) is 5.10 Å². The molecule has 0 radical (unpaired) electrons. The van der Waals surface area contributed by atoms with Crippen LogP contribution in [-0.4, -0.2) is 25.8 Å². The van der Waals surface area contributed by atoms with Crippen LogP contribution < -0.4 is 14.9 Å². The zero-order valence-corrected chi connectivity index (χ0v) is 17.5. The first-order valence-electron chi connectivity index (χ1n) is 8.77. The van der Waals surface area contributed by atoms with Gasteiger partial charge < -0.3 is 9.47 Å². The van der Waals surface area contributed by atoms with E-state index in [0.29, 0.717) is 11.5 Å². The van der Waals surface area contributed by atoms with E-state index in [2.05, 4.69) is 26.5 Å². The first kappa shape index (κ1) is 19.9. The molecule has 3 aromatic carbocycles. The van der Waals surface area contributed by atoms with Crippen molar-refractivity contribution in [2.75, 3.05) is 13.7 Å². The third-order valence-corrected chi connectivity index (χ3v) is 4.76. The van der Waals surface area contributed by atoms with E-state index in [9.17, 15) is 4.79 Å². The lowest BCUT2D eigenvalue weighted by Crippen LogP contribution is -2.25. The third kappa shape index (κ3) is 4.51. The molecule has 144 valence electrons. The molecular weight excluding hydrogens is 420 g/mol. The number of hydrogen-bond acceptors (Lipinski definition) is 4. The summed E-state index contributed by atoms with van der Waals surface area (Å²) in [5.74, 6) is 1.06. The van der Waals surface area contributed by atoms with Crippen LogP contribution in [0, 0.1) is 13.8 Å². The van der Waals surface area contributed by atoms with Crippen molar-refractivity contribution in [2.45, 2.75) is 13.8 Å². The van der Waals surface area contributed by atoms with Gasteiger partial charge in [0, 0.05) is 10.0 Å². The summed E-state index contributed by atoms with van der Waals surface area (Å²) in [5, 5.41) is 6.15. The molecule has 0 atom stereocenters. The number of hydrogen-bond donors (Lipinski definition) is 1. The lowest BCUT2D eigenvalue weighted by Gasteiger charge is -2.12. The number of amides is 1. The summed E-state index contributed by atoms with van der Waals surface area (Å²) >= 11 is 3.45. The fourth-order valence-electron chi connectivity index (χ4n) is 3.05. The summed E-state index contributed by atoms with van der Waals surface area (Å²) < 4.78 is 12.1. The molecule has 0 saturated carbocycles. The van der Waals surface area contributed by atoms with E-state index >= 15 is 0 Å². The Morgan fingerprint density at radius 2 is 1.86 bits per heavy atom. The summed E-state index contributed by atoms with van der Waals surface area (Å²) in [4.78, 5) is 12.1. The Labute approximate surface area is 172 Å². The number of rotatable bonds is 6. The van der Waals surface area contributed by atoms with Gasteiger partial charge in [0.2, 0.25) is 0 Å². The Morgan fingerprint density at radius 3 is 2.57 bits per heavy atom. The van der Waals surface area contributed by atoms with Gasteiger partial charge in [-0.3, -0.25) is 4.79 Å². The number of fused-ring (bicyclic) bond motifs is 1. The lowest BCUT2D eigenvalue weighted by atomic mass is 10.0. The number of halogens is 1. The molecule has 0 spiro atoms. The standard InChI is InChI=1S/C22H21BrN2O3/c1-14-10-17(23)11-15(2)22(14)28-13-21(26)25-24-12-19-18-7-5-4-6-16(18)8-9-20(19)27-3/h4-12H,13H2,1-3H3,(H,25,26)/b24-12+. The number of aryl methyl sites for hydroxylation is 2. The van der Waals surface area contributed by atoms with E-state index in [-0.39, 0.29) is 12.5 Å². The molecule has 3 rings (SSSR count). The predicted octanol–water partition coefficient (Wildman–Crippen LogP) is 4.76. The molecule has 0 fully saturated rings. The van der Waals surface area contributed by atoms with E-state index in [0.717, 1.165) is 31.9 Å². The zero-order valence-electron chi connectivity index (χ0n) is 16.0. The highest BCUT2D eigenvalue weighted by atomic mass is 79.9. The minimum Gasteiger partial charge on any atom is -0.496 e. The number of benzene rings is 3. The molecule has 0 heterocycles. The van der Waals surface area contributed by atoms with Crippen molar-refractivity contribution in [1.82, 2.24) is 5.43 Å². The third-order valence-electron chi connectivity index (χ3n) is 4.31. The van der Waals surface area contributed by atoms with E-state index in [1.807, 2.05) is 62.4 Å². The predicted molar refractivity (Wildman–Crippen MR) is 115 cm³/mol. The molecule has 1 N–H and O–H groups in total. The molecule has 0 aromatic heterocycles. The van der Waals surface area contributed by atoms with Crippen LogP contribution in [0.4, 0.5) is 0 Å². The van der Waals surface area contributed by atoms with Gasteiger partial charge in [-0.1, -0.05) is 46.3 Å². The van der Waals surface area contributed by atoms with Gasteiger partial charge in [-0.2, -0.15) is 5.10 Å². The van der Waals surface area contributed by atoms with Crippen LogP contribution in [0.2, 0.25) is 0 Å². The Balaban J connectivity index is 1.68. The van der Waals surface area contributed by atoms with E-state index in [1.54, 1.807) is 13.3 Å². The van der Waals surface area contributed by atoms with E-state index < -0.39 is 0 Å². The average molecular weight is 441 g/mol. The lowest BCUT2D eigenvalue weighted by molar-refractivity contribution is -0.123. The van der Waals surface area contributed by atoms with Crippen LogP contribution >= 0.6 is 15.9 Å². The van der Waals surface area contributed by atoms with Crippen molar-refractivity contribution in [1.29, 1.82) is 0 Å². The first-order valence-corrected chi connectivity index (χ1v) is 9.56. The molecule has 6 heteroatoms. The molecule has 1 amide bonds. The van der Waals surface area contributed by atoms with Gasteiger partial charge in [0.25, 0.3) is 5.91 Å². The van der Waals surface area contributed by atoms with Crippen molar-refractivity contribution in [3.05, 3.63) is 69.7 Å². The van der Waals surface area contributed by atoms with Crippen molar-refractivity contribution in [3.63, 3.8) is 0 Å². The Kier molecular flexibility index (Phi) is 6.31. The topological polar surface area (TPSA) is 59.9 Å². The summed E-state index contributed by atoms with van der Waals surface area (Å²) in [6.45, 7) is 3.76. The van der Waals surface area contributed by atoms with Crippen LogP contribution in [-0.2, 0) is 4.79 Å². The summed E-state index contributed by atoms with van der Waals surface area (Å²) in [6, 6.07) is 15.7. The number of hydrazone groups is 1. The SMILES string of the molecule is COc1ccc2ccccc2c1/C=N/NC(=O)COc1c(C)cc(Br)cc1C. The number of carbonyl (C=O) groups is 1. The smallest absolute Gasteiger partial charge is 0.277 e. The maximum Gasteiger partial charge on any atom is 0.277 e. The molecule has 0 unspecified atom stereocenters. The quantitative estimate of drug-likeness (QED) is 0.444. The number of nitrogens with one attached hydrogen (secondary N) is 1. The summed E-state index contributed by atoms with van der Waals surface area (Å²) in [5.41, 5.74) is 5.24. The summed E-state index contributed by atoms with van der Waals surface area (Å²) in [6.07, 6.45) is 1.59. The Bertz CT molecular complexity index is 1020. The van der Waals surface area contributed by atoms with E-state index in [1.165, 1.54) is 0 Å². The van der Waals surface area contributed by atoms with Crippen molar-refractivity contribution < 1.29 is 14.3 Å². The second-order valence-electron chi connectivity index (χ2n) is 6.35. The van der Waals surface area contributed by atoms with Crippen molar-refractivity contribution in [3.8, 4) is 11.5 Å². The first-order chi connectivity index (χ1) is 13.5. The second kappa shape index (κ2) is 8.89. The number of carbonyl (C=O) groups excluding carboxylic acids is 1. The van der Waals surface area contributed by atoms with Gasteiger partial charge >= 0.3 is 0 Å². The van der Waals surface area contributed by atoms with Gasteiger partial charge in [0.05, 0.1) is 13.3 Å². The summed E-state index contributed by atoms with van der Waals surface area (Å²) in [7, 11) is 1.61. The maximum absolute atomic E-state index is 12.1. The number of nitrogens with zero attached hydrogens (tertiary/aromatic N) is 1. The van der Waals surface area contributed by atoms with Crippen LogP contribution in [0.3, 0.4) is 0 Å². The van der Waals surface area contributed by atoms with Crippen LogP contribution in [0.15, 0.2) is 58.1 Å². The molecule has 0 bridgehead atoms. The fourth-order valence-corrected chi connectivity index (χ4v) is 3.74. The molecule has 5 nitrogen and oxygen atoms in total. The largest absolute Gasteiger partial charge is 0.496 e. The van der Waals surface area contributed by atoms with Gasteiger partial charge in [-0.15, -0.1) is 0 Å². The van der Waals surface area contributed by atoms with Gasteiger partial charge in [0.15, 0.2) is 6.61 Å². The molecule has 0 aliphatic rings. The monoisotopic (exact) mass is 440 g/mol. The highest BCUT2D eigenvalue weighted by molar-refractivity contribution is 9.10. The van der Waals surface area contributed by atoms with Gasteiger partial charge in [-0.25, -0.2) is 5.43 Å². The van der Waals surface area contributed by atoms with Gasteiger partial charge in [0.1, 0.15) is 11.5 Å². The fraction of sp³-hybridized carbons (Fsp3) is 0.182.